The molecule has 19 heavy (non-hydrogen) atoms. The molecule has 0 heterocycles. The summed E-state index contributed by atoms with van der Waals surface area (Å²) in [4.78, 5) is 13.8. The Labute approximate surface area is 115 Å². The second kappa shape index (κ2) is 7.14. The van der Waals surface area contributed by atoms with Crippen LogP contribution >= 0.6 is 0 Å². The van der Waals surface area contributed by atoms with Crippen molar-refractivity contribution in [1.29, 1.82) is 0 Å². The third-order valence-electron chi connectivity index (χ3n) is 3.20. The lowest BCUT2D eigenvalue weighted by Crippen LogP contribution is -2.37. The summed E-state index contributed by atoms with van der Waals surface area (Å²) in [5.41, 5.74) is 3.08. The predicted octanol–water partition coefficient (Wildman–Crippen LogP) is 2.96. The van der Waals surface area contributed by atoms with Gasteiger partial charge in [0.1, 0.15) is 0 Å². The monoisotopic (exact) mass is 264 g/mol. The number of benzene rings is 1. The van der Waals surface area contributed by atoms with Gasteiger partial charge in [0.2, 0.25) is 0 Å². The van der Waals surface area contributed by atoms with Gasteiger partial charge in [-0.3, -0.25) is 0 Å². The molecule has 0 fully saturated rings. The van der Waals surface area contributed by atoms with Crippen molar-refractivity contribution in [2.75, 3.05) is 25.0 Å². The van der Waals surface area contributed by atoms with Crippen LogP contribution in [0, 0.1) is 6.92 Å². The summed E-state index contributed by atoms with van der Waals surface area (Å²) in [6.45, 7) is 9.01. The van der Waals surface area contributed by atoms with Crippen molar-refractivity contribution in [2.45, 2.75) is 33.6 Å². The number of aliphatic hydroxyl groups excluding tert-OH is 1. The molecule has 0 unspecified atom stereocenters. The number of rotatable bonds is 5. The molecule has 0 saturated carbocycles. The number of hydrogen-bond donors (Lipinski definition) is 2. The number of likely N-dealkylation sites (N-methyl/N-ethyl adjacent to an activating group) is 1. The first-order chi connectivity index (χ1) is 9.01. The lowest BCUT2D eigenvalue weighted by atomic mass is 9.98. The molecule has 0 radical (unpaired) electrons. The van der Waals surface area contributed by atoms with Crippen molar-refractivity contribution in [3.63, 3.8) is 0 Å². The predicted molar refractivity (Wildman–Crippen MR) is 78.6 cm³/mol. The molecule has 4 nitrogen and oxygen atoms in total. The Hall–Kier alpha value is -1.55. The van der Waals surface area contributed by atoms with Crippen molar-refractivity contribution in [2.24, 2.45) is 0 Å². The maximum Gasteiger partial charge on any atom is 0.321 e. The molecule has 2 N–H and O–H groups in total. The minimum absolute atomic E-state index is 0.0218. The SMILES string of the molecule is CCN(CCO)C(=O)Nc1c(C)cccc1C(C)C. The molecule has 1 rings (SSSR count). The van der Waals surface area contributed by atoms with Gasteiger partial charge in [-0.1, -0.05) is 32.0 Å². The van der Waals surface area contributed by atoms with Crippen molar-refractivity contribution < 1.29 is 9.90 Å². The van der Waals surface area contributed by atoms with Crippen molar-refractivity contribution >= 4 is 11.7 Å². The maximum absolute atomic E-state index is 12.2. The molecule has 4 heteroatoms. The summed E-state index contributed by atoms with van der Waals surface area (Å²) in [7, 11) is 0. The van der Waals surface area contributed by atoms with E-state index >= 15 is 0 Å². The summed E-state index contributed by atoms with van der Waals surface area (Å²) < 4.78 is 0. The van der Waals surface area contributed by atoms with Crippen molar-refractivity contribution in [3.8, 4) is 0 Å². The van der Waals surface area contributed by atoms with Crippen molar-refractivity contribution in [3.05, 3.63) is 29.3 Å². The molecule has 2 amide bonds. The fraction of sp³-hybridized carbons (Fsp3) is 0.533. The van der Waals surface area contributed by atoms with Gasteiger partial charge in [-0.25, -0.2) is 4.79 Å². The Morgan fingerprint density at radius 3 is 2.63 bits per heavy atom. The molecular weight excluding hydrogens is 240 g/mol. The first kappa shape index (κ1) is 15.5. The quantitative estimate of drug-likeness (QED) is 0.859. The van der Waals surface area contributed by atoms with Crippen LogP contribution in [0.1, 0.15) is 37.8 Å². The zero-order valence-electron chi connectivity index (χ0n) is 12.2. The molecule has 106 valence electrons. The molecule has 0 saturated heterocycles. The third kappa shape index (κ3) is 3.96. The van der Waals surface area contributed by atoms with Crippen LogP contribution in [0.25, 0.3) is 0 Å². The number of nitrogens with zero attached hydrogens (tertiary/aromatic N) is 1. The van der Waals surface area contributed by atoms with Crippen molar-refractivity contribution in [1.82, 2.24) is 4.90 Å². The zero-order chi connectivity index (χ0) is 14.4. The average Bonchev–Trinajstić information content (AvgIpc) is 2.37. The Kier molecular flexibility index (Phi) is 5.83. The largest absolute Gasteiger partial charge is 0.395 e. The van der Waals surface area contributed by atoms with Crippen LogP contribution in [0.5, 0.6) is 0 Å². The van der Waals surface area contributed by atoms with E-state index in [2.05, 4.69) is 19.2 Å². The van der Waals surface area contributed by atoms with E-state index in [9.17, 15) is 4.79 Å². The van der Waals surface area contributed by atoms with Crippen LogP contribution in [0.4, 0.5) is 10.5 Å². The van der Waals surface area contributed by atoms with Crippen LogP contribution in [0.15, 0.2) is 18.2 Å². The van der Waals surface area contributed by atoms with E-state index in [-0.39, 0.29) is 12.6 Å². The normalized spacial score (nSPS) is 10.6. The number of para-hydroxylation sites is 1. The maximum atomic E-state index is 12.2. The number of carbonyl (C=O) groups is 1. The molecule has 0 spiro atoms. The van der Waals surface area contributed by atoms with Crippen LogP contribution in [-0.4, -0.2) is 35.7 Å². The van der Waals surface area contributed by atoms with E-state index < -0.39 is 0 Å². The third-order valence-corrected chi connectivity index (χ3v) is 3.20. The van der Waals surface area contributed by atoms with Gasteiger partial charge in [-0.2, -0.15) is 0 Å². The summed E-state index contributed by atoms with van der Waals surface area (Å²) in [6.07, 6.45) is 0. The highest BCUT2D eigenvalue weighted by molar-refractivity contribution is 5.91. The van der Waals surface area contributed by atoms with Gasteiger partial charge >= 0.3 is 6.03 Å². The van der Waals surface area contributed by atoms with Crippen LogP contribution in [0.3, 0.4) is 0 Å². The molecule has 1 aromatic rings. The van der Waals surface area contributed by atoms with Gasteiger partial charge in [0.05, 0.1) is 6.61 Å². The molecular formula is C15H24N2O2. The number of aryl methyl sites for hydroxylation is 1. The molecule has 0 aliphatic heterocycles. The van der Waals surface area contributed by atoms with Gasteiger partial charge < -0.3 is 15.3 Å². The first-order valence-corrected chi connectivity index (χ1v) is 6.77. The molecule has 0 aliphatic carbocycles. The Morgan fingerprint density at radius 2 is 2.11 bits per heavy atom. The highest BCUT2D eigenvalue weighted by Crippen LogP contribution is 2.27. The number of amides is 2. The number of carbonyl (C=O) groups excluding carboxylic acids is 1. The Bertz CT molecular complexity index is 430. The smallest absolute Gasteiger partial charge is 0.321 e. The molecule has 0 atom stereocenters. The highest BCUT2D eigenvalue weighted by Gasteiger charge is 2.15. The topological polar surface area (TPSA) is 52.6 Å². The number of nitrogens with one attached hydrogen (secondary N) is 1. The fourth-order valence-corrected chi connectivity index (χ4v) is 2.05. The van der Waals surface area contributed by atoms with Crippen LogP contribution < -0.4 is 5.32 Å². The minimum atomic E-state index is -0.159. The second-order valence-electron chi connectivity index (χ2n) is 4.93. The summed E-state index contributed by atoms with van der Waals surface area (Å²) >= 11 is 0. The van der Waals surface area contributed by atoms with E-state index in [1.54, 1.807) is 4.90 Å². The van der Waals surface area contributed by atoms with Gasteiger partial charge in [-0.05, 0) is 30.9 Å². The molecule has 1 aromatic carbocycles. The average molecular weight is 264 g/mol. The summed E-state index contributed by atoms with van der Waals surface area (Å²) in [5, 5.41) is 11.9. The van der Waals surface area contributed by atoms with Gasteiger partial charge in [0.25, 0.3) is 0 Å². The summed E-state index contributed by atoms with van der Waals surface area (Å²) in [5.74, 6) is 0.350. The fourth-order valence-electron chi connectivity index (χ4n) is 2.05. The van der Waals surface area contributed by atoms with Crippen LogP contribution in [-0.2, 0) is 0 Å². The van der Waals surface area contributed by atoms with Gasteiger partial charge in [0.15, 0.2) is 0 Å². The number of hydrogen-bond acceptors (Lipinski definition) is 2. The van der Waals surface area contributed by atoms with E-state index in [4.69, 9.17) is 5.11 Å². The molecule has 0 bridgehead atoms. The minimum Gasteiger partial charge on any atom is -0.395 e. The lowest BCUT2D eigenvalue weighted by molar-refractivity contribution is 0.192. The van der Waals surface area contributed by atoms with Crippen LogP contribution in [0.2, 0.25) is 0 Å². The van der Waals surface area contributed by atoms with E-state index in [1.807, 2.05) is 32.0 Å². The number of aliphatic hydroxyl groups is 1. The number of anilines is 1. The number of urea groups is 1. The Morgan fingerprint density at radius 1 is 1.42 bits per heavy atom. The summed E-state index contributed by atoms with van der Waals surface area (Å²) in [6, 6.07) is 5.87. The second-order valence-corrected chi connectivity index (χ2v) is 4.93. The Balaban J connectivity index is 2.95. The van der Waals surface area contributed by atoms with Gasteiger partial charge in [0, 0.05) is 18.8 Å². The molecule has 0 aromatic heterocycles. The van der Waals surface area contributed by atoms with E-state index in [0.717, 1.165) is 16.8 Å². The standard InChI is InChI=1S/C15H24N2O2/c1-5-17(9-10-18)15(19)16-14-12(4)7-6-8-13(14)11(2)3/h6-8,11,18H,5,9-10H2,1-4H3,(H,16,19). The molecule has 0 aliphatic rings. The highest BCUT2D eigenvalue weighted by atomic mass is 16.3. The lowest BCUT2D eigenvalue weighted by Gasteiger charge is -2.23. The van der Waals surface area contributed by atoms with E-state index in [1.165, 1.54) is 0 Å². The van der Waals surface area contributed by atoms with Gasteiger partial charge in [-0.15, -0.1) is 0 Å². The zero-order valence-corrected chi connectivity index (χ0v) is 12.2. The first-order valence-electron chi connectivity index (χ1n) is 6.77. The van der Waals surface area contributed by atoms with E-state index in [0.29, 0.717) is 19.0 Å².